The number of benzene rings is 1. The van der Waals surface area contributed by atoms with E-state index in [-0.39, 0.29) is 6.10 Å². The molecule has 0 bridgehead atoms. The summed E-state index contributed by atoms with van der Waals surface area (Å²) in [4.78, 5) is 4.58. The Morgan fingerprint density at radius 1 is 1.21 bits per heavy atom. The highest BCUT2D eigenvalue weighted by Gasteiger charge is 2.23. The Balaban J connectivity index is 1.42. The first-order valence-electron chi connectivity index (χ1n) is 9.02. The Kier molecular flexibility index (Phi) is 6.28. The number of terminal acetylenes is 1. The molecule has 1 aromatic rings. The van der Waals surface area contributed by atoms with Gasteiger partial charge in [0.05, 0.1) is 25.4 Å². The largest absolute Gasteiger partial charge is 0.389 e. The lowest BCUT2D eigenvalue weighted by atomic mass is 9.89. The van der Waals surface area contributed by atoms with Crippen molar-refractivity contribution in [1.29, 1.82) is 0 Å². The molecule has 1 aromatic carbocycles. The highest BCUT2D eigenvalue weighted by atomic mass is 16.5. The van der Waals surface area contributed by atoms with Gasteiger partial charge in [0.15, 0.2) is 0 Å². The molecule has 130 valence electrons. The van der Waals surface area contributed by atoms with Crippen LogP contribution in [0, 0.1) is 12.3 Å². The summed E-state index contributed by atoms with van der Waals surface area (Å²) < 4.78 is 6.06. The fourth-order valence-corrected chi connectivity index (χ4v) is 3.72. The van der Waals surface area contributed by atoms with E-state index in [1.165, 1.54) is 11.1 Å². The summed E-state index contributed by atoms with van der Waals surface area (Å²) in [6, 6.07) is 8.52. The third kappa shape index (κ3) is 4.58. The van der Waals surface area contributed by atoms with Crippen molar-refractivity contribution in [3.63, 3.8) is 0 Å². The van der Waals surface area contributed by atoms with Gasteiger partial charge in [0.25, 0.3) is 0 Å². The molecular weight excluding hydrogens is 300 g/mol. The molecule has 1 heterocycles. The summed E-state index contributed by atoms with van der Waals surface area (Å²) in [7, 11) is 0. The summed E-state index contributed by atoms with van der Waals surface area (Å²) in [6.45, 7) is 5.69. The van der Waals surface area contributed by atoms with Crippen LogP contribution in [0.5, 0.6) is 0 Å². The first-order valence-corrected chi connectivity index (χ1v) is 9.02. The molecule has 0 saturated carbocycles. The standard InChI is InChI=1S/C20H28N2O2/c1-2-10-21-11-13-22(14-12-21)15-18(23)16-24-20-9-5-7-17-6-3-4-8-19(17)20/h1,3-4,6,8,18,20,23H,5,7,9-16H2. The minimum Gasteiger partial charge on any atom is -0.389 e. The van der Waals surface area contributed by atoms with Crippen LogP contribution in [0.15, 0.2) is 24.3 Å². The average Bonchev–Trinajstić information content (AvgIpc) is 2.62. The number of nitrogens with zero attached hydrogens (tertiary/aromatic N) is 2. The number of ether oxygens (including phenoxy) is 1. The number of hydrogen-bond donors (Lipinski definition) is 1. The van der Waals surface area contributed by atoms with Gasteiger partial charge in [-0.15, -0.1) is 6.42 Å². The number of fused-ring (bicyclic) bond motifs is 1. The minimum absolute atomic E-state index is 0.136. The van der Waals surface area contributed by atoms with Gasteiger partial charge in [-0.2, -0.15) is 0 Å². The predicted octanol–water partition coefficient (Wildman–Crippen LogP) is 1.69. The number of piperazine rings is 1. The van der Waals surface area contributed by atoms with Crippen molar-refractivity contribution in [1.82, 2.24) is 9.80 Å². The van der Waals surface area contributed by atoms with Gasteiger partial charge >= 0.3 is 0 Å². The zero-order valence-corrected chi connectivity index (χ0v) is 14.4. The maximum absolute atomic E-state index is 10.3. The summed E-state index contributed by atoms with van der Waals surface area (Å²) in [5, 5.41) is 10.3. The fraction of sp³-hybridized carbons (Fsp3) is 0.600. The number of hydrogen-bond acceptors (Lipinski definition) is 4. The Hall–Kier alpha value is -1.38. The highest BCUT2D eigenvalue weighted by Crippen LogP contribution is 2.32. The van der Waals surface area contributed by atoms with Crippen molar-refractivity contribution in [3.8, 4) is 12.3 Å². The van der Waals surface area contributed by atoms with Crippen LogP contribution in [-0.2, 0) is 11.2 Å². The summed E-state index contributed by atoms with van der Waals surface area (Å²) >= 11 is 0. The van der Waals surface area contributed by atoms with Crippen LogP contribution < -0.4 is 0 Å². The Morgan fingerprint density at radius 2 is 1.96 bits per heavy atom. The van der Waals surface area contributed by atoms with Crippen molar-refractivity contribution in [3.05, 3.63) is 35.4 Å². The molecule has 1 N–H and O–H groups in total. The van der Waals surface area contributed by atoms with Gasteiger partial charge in [-0.25, -0.2) is 0 Å². The Bertz CT molecular complexity index is 561. The lowest BCUT2D eigenvalue weighted by molar-refractivity contribution is -0.0319. The number of rotatable bonds is 6. The van der Waals surface area contributed by atoms with E-state index in [2.05, 4.69) is 40.0 Å². The quantitative estimate of drug-likeness (QED) is 0.806. The molecule has 3 rings (SSSR count). The predicted molar refractivity (Wildman–Crippen MR) is 95.8 cm³/mol. The van der Waals surface area contributed by atoms with Crippen molar-refractivity contribution in [2.24, 2.45) is 0 Å². The normalized spacial score (nSPS) is 23.4. The summed E-state index contributed by atoms with van der Waals surface area (Å²) in [5.41, 5.74) is 2.70. The van der Waals surface area contributed by atoms with Crippen LogP contribution >= 0.6 is 0 Å². The van der Waals surface area contributed by atoms with Crippen LogP contribution in [0.2, 0.25) is 0 Å². The van der Waals surface area contributed by atoms with Crippen LogP contribution in [-0.4, -0.2) is 66.9 Å². The zero-order chi connectivity index (χ0) is 16.8. The van der Waals surface area contributed by atoms with Gasteiger partial charge in [0.2, 0.25) is 0 Å². The second kappa shape index (κ2) is 8.64. The molecule has 4 nitrogen and oxygen atoms in total. The van der Waals surface area contributed by atoms with E-state index in [0.717, 1.165) is 52.0 Å². The van der Waals surface area contributed by atoms with E-state index in [4.69, 9.17) is 11.2 Å². The molecule has 1 aliphatic carbocycles. The molecule has 2 unspecified atom stereocenters. The van der Waals surface area contributed by atoms with Crippen molar-refractivity contribution >= 4 is 0 Å². The van der Waals surface area contributed by atoms with Gasteiger partial charge in [0.1, 0.15) is 0 Å². The van der Waals surface area contributed by atoms with Gasteiger partial charge in [-0.3, -0.25) is 9.80 Å². The summed E-state index contributed by atoms with van der Waals surface area (Å²) in [5.74, 6) is 2.70. The highest BCUT2D eigenvalue weighted by molar-refractivity contribution is 5.31. The molecule has 0 amide bonds. The first kappa shape index (κ1) is 17.4. The van der Waals surface area contributed by atoms with Gasteiger partial charge < -0.3 is 9.84 Å². The average molecular weight is 328 g/mol. The van der Waals surface area contributed by atoms with E-state index in [1.54, 1.807) is 0 Å². The van der Waals surface area contributed by atoms with E-state index >= 15 is 0 Å². The number of aryl methyl sites for hydroxylation is 1. The monoisotopic (exact) mass is 328 g/mol. The Morgan fingerprint density at radius 3 is 2.75 bits per heavy atom. The van der Waals surface area contributed by atoms with Gasteiger partial charge in [0, 0.05) is 32.7 Å². The van der Waals surface area contributed by atoms with Crippen molar-refractivity contribution < 1.29 is 9.84 Å². The molecule has 0 radical (unpaired) electrons. The second-order valence-corrected chi connectivity index (χ2v) is 6.85. The van der Waals surface area contributed by atoms with E-state index in [0.29, 0.717) is 13.2 Å². The van der Waals surface area contributed by atoms with Gasteiger partial charge in [-0.1, -0.05) is 30.2 Å². The molecule has 24 heavy (non-hydrogen) atoms. The smallest absolute Gasteiger partial charge is 0.0900 e. The summed E-state index contributed by atoms with van der Waals surface area (Å²) in [6.07, 6.45) is 8.41. The number of β-amino-alcohol motifs (C(OH)–C–C–N with tert-alkyl or cyclic N) is 1. The van der Waals surface area contributed by atoms with Crippen LogP contribution in [0.4, 0.5) is 0 Å². The van der Waals surface area contributed by atoms with Gasteiger partial charge in [-0.05, 0) is 30.4 Å². The molecule has 4 heteroatoms. The zero-order valence-electron chi connectivity index (χ0n) is 14.4. The maximum atomic E-state index is 10.3. The van der Waals surface area contributed by atoms with Crippen LogP contribution in [0.1, 0.15) is 30.1 Å². The maximum Gasteiger partial charge on any atom is 0.0900 e. The lowest BCUT2D eigenvalue weighted by Crippen LogP contribution is -2.49. The minimum atomic E-state index is -0.432. The van der Waals surface area contributed by atoms with E-state index < -0.39 is 6.10 Å². The molecule has 2 atom stereocenters. The first-order chi connectivity index (χ1) is 11.8. The molecule has 1 saturated heterocycles. The fourth-order valence-electron chi connectivity index (χ4n) is 3.72. The van der Waals surface area contributed by atoms with Crippen LogP contribution in [0.25, 0.3) is 0 Å². The SMILES string of the molecule is C#CCN1CCN(CC(O)COC2CCCc3ccccc32)CC1. The lowest BCUT2D eigenvalue weighted by Gasteiger charge is -2.35. The van der Waals surface area contributed by atoms with Crippen molar-refractivity contribution in [2.45, 2.75) is 31.5 Å². The van der Waals surface area contributed by atoms with Crippen molar-refractivity contribution in [2.75, 3.05) is 45.9 Å². The topological polar surface area (TPSA) is 35.9 Å². The second-order valence-electron chi connectivity index (χ2n) is 6.85. The number of aliphatic hydroxyl groups excluding tert-OH is 1. The molecular formula is C20H28N2O2. The van der Waals surface area contributed by atoms with Crippen LogP contribution in [0.3, 0.4) is 0 Å². The van der Waals surface area contributed by atoms with E-state index in [9.17, 15) is 5.11 Å². The van der Waals surface area contributed by atoms with E-state index in [1.807, 2.05) is 0 Å². The molecule has 1 fully saturated rings. The molecule has 0 spiro atoms. The Labute approximate surface area is 145 Å². The third-order valence-corrected chi connectivity index (χ3v) is 5.05. The molecule has 1 aliphatic heterocycles. The molecule has 0 aromatic heterocycles. The third-order valence-electron chi connectivity index (χ3n) is 5.05. The number of aliphatic hydroxyl groups is 1. The molecule has 2 aliphatic rings.